The molecule has 64 valence electrons. The van der Waals surface area contributed by atoms with Crippen molar-refractivity contribution in [3.63, 3.8) is 0 Å². The number of rotatable bonds is 1. The Bertz CT molecular complexity index is 255. The van der Waals surface area contributed by atoms with Crippen LogP contribution >= 0.6 is 0 Å². The van der Waals surface area contributed by atoms with Crippen LogP contribution in [0.1, 0.15) is 12.8 Å². The van der Waals surface area contributed by atoms with E-state index in [1.165, 1.54) is 5.57 Å². The van der Waals surface area contributed by atoms with Gasteiger partial charge in [0.05, 0.1) is 6.04 Å². The summed E-state index contributed by atoms with van der Waals surface area (Å²) in [5.41, 5.74) is 1.17. The van der Waals surface area contributed by atoms with Gasteiger partial charge in [-0.1, -0.05) is 18.2 Å². The van der Waals surface area contributed by atoms with Crippen LogP contribution in [0.25, 0.3) is 0 Å². The maximum absolute atomic E-state index is 10.7. The zero-order valence-corrected chi connectivity index (χ0v) is 6.75. The predicted octanol–water partition coefficient (Wildman–Crippen LogP) is 1.37. The van der Waals surface area contributed by atoms with E-state index in [1.807, 2.05) is 0 Å². The third-order valence-corrected chi connectivity index (χ3v) is 2.10. The lowest BCUT2D eigenvalue weighted by Gasteiger charge is -2.11. The number of hydrogen-bond acceptors (Lipinski definition) is 2. The van der Waals surface area contributed by atoms with E-state index in [1.54, 1.807) is 0 Å². The van der Waals surface area contributed by atoms with Gasteiger partial charge in [-0.05, 0) is 18.4 Å². The SMILES string of the molecule is O=C1NC(C2=CCCC=C2)CO1. The first kappa shape index (κ1) is 7.40. The van der Waals surface area contributed by atoms with Crippen molar-refractivity contribution in [1.29, 1.82) is 0 Å². The Morgan fingerprint density at radius 2 is 2.42 bits per heavy atom. The molecule has 0 aromatic rings. The molecule has 1 amide bonds. The van der Waals surface area contributed by atoms with Crippen LogP contribution in [0.4, 0.5) is 4.79 Å². The smallest absolute Gasteiger partial charge is 0.407 e. The van der Waals surface area contributed by atoms with Crippen molar-refractivity contribution < 1.29 is 9.53 Å². The Morgan fingerprint density at radius 3 is 3.00 bits per heavy atom. The molecule has 3 heteroatoms. The quantitative estimate of drug-likeness (QED) is 0.637. The van der Waals surface area contributed by atoms with Crippen LogP contribution in [0.15, 0.2) is 23.8 Å². The van der Waals surface area contributed by atoms with Gasteiger partial charge in [0.15, 0.2) is 0 Å². The number of carbonyl (C=O) groups excluding carboxylic acids is 1. The van der Waals surface area contributed by atoms with Crippen LogP contribution < -0.4 is 5.32 Å². The highest BCUT2D eigenvalue weighted by molar-refractivity contribution is 5.70. The van der Waals surface area contributed by atoms with E-state index in [0.29, 0.717) is 6.61 Å². The van der Waals surface area contributed by atoms with Crippen LogP contribution in [0.2, 0.25) is 0 Å². The van der Waals surface area contributed by atoms with Crippen molar-refractivity contribution >= 4 is 6.09 Å². The normalized spacial score (nSPS) is 27.8. The molecule has 12 heavy (non-hydrogen) atoms. The van der Waals surface area contributed by atoms with Crippen LogP contribution in [0.5, 0.6) is 0 Å². The third-order valence-electron chi connectivity index (χ3n) is 2.10. The molecule has 1 fully saturated rings. The summed E-state index contributed by atoms with van der Waals surface area (Å²) < 4.78 is 4.79. The second-order valence-electron chi connectivity index (χ2n) is 2.98. The number of alkyl carbamates (subject to hydrolysis) is 1. The summed E-state index contributed by atoms with van der Waals surface area (Å²) in [4.78, 5) is 10.7. The molecule has 0 saturated carbocycles. The molecular weight excluding hydrogens is 154 g/mol. The Hall–Kier alpha value is -1.25. The Morgan fingerprint density at radius 1 is 1.50 bits per heavy atom. The first-order chi connectivity index (χ1) is 5.86. The van der Waals surface area contributed by atoms with Gasteiger partial charge in [-0.2, -0.15) is 0 Å². The molecule has 2 aliphatic rings. The number of cyclic esters (lactones) is 1. The van der Waals surface area contributed by atoms with Gasteiger partial charge >= 0.3 is 6.09 Å². The number of hydrogen-bond donors (Lipinski definition) is 1. The van der Waals surface area contributed by atoms with Crippen molar-refractivity contribution in [2.24, 2.45) is 0 Å². The molecule has 1 heterocycles. The number of ether oxygens (including phenoxy) is 1. The molecular formula is C9H11NO2. The molecule has 0 bridgehead atoms. The number of allylic oxidation sites excluding steroid dienone is 2. The van der Waals surface area contributed by atoms with Gasteiger partial charge in [0.25, 0.3) is 0 Å². The summed E-state index contributed by atoms with van der Waals surface area (Å²) in [6.45, 7) is 0.467. The molecule has 0 aromatic heterocycles. The van der Waals surface area contributed by atoms with E-state index >= 15 is 0 Å². The molecule has 0 aromatic carbocycles. The number of nitrogens with one attached hydrogen (secondary N) is 1. The fourth-order valence-corrected chi connectivity index (χ4v) is 1.46. The molecule has 0 radical (unpaired) electrons. The largest absolute Gasteiger partial charge is 0.447 e. The second kappa shape index (κ2) is 3.01. The van der Waals surface area contributed by atoms with E-state index in [0.717, 1.165) is 12.8 Å². The molecule has 3 nitrogen and oxygen atoms in total. The maximum Gasteiger partial charge on any atom is 0.407 e. The van der Waals surface area contributed by atoms with Gasteiger partial charge in [-0.15, -0.1) is 0 Å². The average molecular weight is 165 g/mol. The molecule has 1 atom stereocenters. The van der Waals surface area contributed by atoms with Gasteiger partial charge in [-0.3, -0.25) is 0 Å². The average Bonchev–Trinajstić information content (AvgIpc) is 2.54. The predicted molar refractivity (Wildman–Crippen MR) is 44.7 cm³/mol. The molecule has 1 saturated heterocycles. The molecule has 1 aliphatic carbocycles. The zero-order valence-electron chi connectivity index (χ0n) is 6.75. The zero-order chi connectivity index (χ0) is 8.39. The van der Waals surface area contributed by atoms with Gasteiger partial charge in [0.1, 0.15) is 6.61 Å². The highest BCUT2D eigenvalue weighted by atomic mass is 16.6. The minimum absolute atomic E-state index is 0.0778. The van der Waals surface area contributed by atoms with Gasteiger partial charge in [0.2, 0.25) is 0 Å². The lowest BCUT2D eigenvalue weighted by Crippen LogP contribution is -2.27. The summed E-state index contributed by atoms with van der Waals surface area (Å²) in [6, 6.07) is 0.0778. The van der Waals surface area contributed by atoms with Crippen LogP contribution in [-0.4, -0.2) is 18.7 Å². The standard InChI is InChI=1S/C9H11NO2/c11-9-10-8(6-12-9)7-4-2-1-3-5-7/h2,4-5,8H,1,3,6H2,(H,10,11). The topological polar surface area (TPSA) is 38.3 Å². The van der Waals surface area contributed by atoms with Crippen molar-refractivity contribution in [1.82, 2.24) is 5.32 Å². The fourth-order valence-electron chi connectivity index (χ4n) is 1.46. The van der Waals surface area contributed by atoms with Crippen LogP contribution in [-0.2, 0) is 4.74 Å². The van der Waals surface area contributed by atoms with Crippen molar-refractivity contribution in [2.75, 3.05) is 6.61 Å². The highest BCUT2D eigenvalue weighted by Gasteiger charge is 2.24. The van der Waals surface area contributed by atoms with Crippen molar-refractivity contribution in [3.05, 3.63) is 23.8 Å². The highest BCUT2D eigenvalue weighted by Crippen LogP contribution is 2.16. The number of carbonyl (C=O) groups is 1. The van der Waals surface area contributed by atoms with Gasteiger partial charge in [0, 0.05) is 0 Å². The van der Waals surface area contributed by atoms with E-state index in [9.17, 15) is 4.79 Å². The Kier molecular flexibility index (Phi) is 1.86. The molecule has 1 unspecified atom stereocenters. The second-order valence-corrected chi connectivity index (χ2v) is 2.98. The van der Waals surface area contributed by atoms with E-state index < -0.39 is 0 Å². The minimum atomic E-state index is -0.306. The molecule has 2 rings (SSSR count). The minimum Gasteiger partial charge on any atom is -0.447 e. The fraction of sp³-hybridized carbons (Fsp3) is 0.444. The summed E-state index contributed by atoms with van der Waals surface area (Å²) >= 11 is 0. The van der Waals surface area contributed by atoms with E-state index in [4.69, 9.17) is 4.74 Å². The van der Waals surface area contributed by atoms with Crippen molar-refractivity contribution in [2.45, 2.75) is 18.9 Å². The molecule has 1 aliphatic heterocycles. The molecule has 1 N–H and O–H groups in total. The lowest BCUT2D eigenvalue weighted by molar-refractivity contribution is 0.177. The Labute approximate surface area is 71.1 Å². The van der Waals surface area contributed by atoms with Crippen LogP contribution in [0.3, 0.4) is 0 Å². The molecule has 0 spiro atoms. The number of amides is 1. The first-order valence-electron chi connectivity index (χ1n) is 4.16. The monoisotopic (exact) mass is 165 g/mol. The van der Waals surface area contributed by atoms with E-state index in [-0.39, 0.29) is 12.1 Å². The van der Waals surface area contributed by atoms with Crippen LogP contribution in [0, 0.1) is 0 Å². The van der Waals surface area contributed by atoms with E-state index in [2.05, 4.69) is 23.5 Å². The van der Waals surface area contributed by atoms with Gasteiger partial charge < -0.3 is 10.1 Å². The summed E-state index contributed by atoms with van der Waals surface area (Å²) in [5.74, 6) is 0. The van der Waals surface area contributed by atoms with Crippen molar-refractivity contribution in [3.8, 4) is 0 Å². The Balaban J connectivity index is 2.05. The summed E-state index contributed by atoms with van der Waals surface area (Å²) in [6.07, 6.45) is 8.20. The summed E-state index contributed by atoms with van der Waals surface area (Å²) in [5, 5.41) is 2.74. The first-order valence-corrected chi connectivity index (χ1v) is 4.16. The third kappa shape index (κ3) is 1.35. The maximum atomic E-state index is 10.7. The lowest BCUT2D eigenvalue weighted by atomic mass is 10.0. The summed E-state index contributed by atoms with van der Waals surface area (Å²) in [7, 11) is 0. The van der Waals surface area contributed by atoms with Gasteiger partial charge in [-0.25, -0.2) is 4.79 Å².